The highest BCUT2D eigenvalue weighted by atomic mass is 16.5. The van der Waals surface area contributed by atoms with Crippen molar-refractivity contribution < 1.29 is 19.6 Å². The van der Waals surface area contributed by atoms with Gasteiger partial charge < -0.3 is 0 Å². The van der Waals surface area contributed by atoms with Crippen molar-refractivity contribution in [1.82, 2.24) is 15.1 Å². The van der Waals surface area contributed by atoms with Crippen LogP contribution in [0.15, 0.2) is 30.3 Å². The van der Waals surface area contributed by atoms with Gasteiger partial charge in [-0.3, -0.25) is 24.6 Å². The fraction of sp³-hybridized carbons (Fsp3) is 0.550. The summed E-state index contributed by atoms with van der Waals surface area (Å²) in [5.41, 5.74) is 0.543. The number of amides is 3. The zero-order chi connectivity index (χ0) is 19.2. The van der Waals surface area contributed by atoms with Crippen molar-refractivity contribution in [2.75, 3.05) is 19.6 Å². The van der Waals surface area contributed by atoms with E-state index in [2.05, 4.69) is 0 Å². The molecule has 0 bridgehead atoms. The van der Waals surface area contributed by atoms with Crippen molar-refractivity contribution in [1.29, 1.82) is 0 Å². The van der Waals surface area contributed by atoms with Gasteiger partial charge >= 0.3 is 0 Å². The largest absolute Gasteiger partial charge is 0.286 e. The summed E-state index contributed by atoms with van der Waals surface area (Å²) in [5.74, 6) is -0.464. The Bertz CT molecular complexity index is 660. The number of benzene rings is 1. The van der Waals surface area contributed by atoms with E-state index >= 15 is 0 Å². The Morgan fingerprint density at radius 2 is 1.78 bits per heavy atom. The Morgan fingerprint density at radius 1 is 1.11 bits per heavy atom. The summed E-state index contributed by atoms with van der Waals surface area (Å²) in [6.07, 6.45) is 6.14. The van der Waals surface area contributed by atoms with Gasteiger partial charge in [-0.25, -0.2) is 10.1 Å². The van der Waals surface area contributed by atoms with E-state index in [9.17, 15) is 19.6 Å². The minimum Gasteiger partial charge on any atom is -0.286 e. The number of nitrogens with zero attached hydrogens (tertiary/aromatic N) is 3. The van der Waals surface area contributed by atoms with E-state index in [1.165, 1.54) is 10.0 Å². The molecule has 1 saturated heterocycles. The lowest BCUT2D eigenvalue weighted by Gasteiger charge is -2.32. The van der Waals surface area contributed by atoms with Crippen LogP contribution in [-0.4, -0.2) is 58.1 Å². The van der Waals surface area contributed by atoms with Crippen LogP contribution in [0.4, 0.5) is 0 Å². The van der Waals surface area contributed by atoms with Crippen LogP contribution in [0.1, 0.15) is 48.9 Å². The quantitative estimate of drug-likeness (QED) is 0.452. The van der Waals surface area contributed by atoms with Crippen LogP contribution in [-0.2, 0) is 9.59 Å². The van der Waals surface area contributed by atoms with Crippen LogP contribution in [0.3, 0.4) is 0 Å². The molecule has 1 atom stereocenters. The molecule has 146 valence electrons. The average molecular weight is 373 g/mol. The van der Waals surface area contributed by atoms with E-state index in [0.29, 0.717) is 42.5 Å². The summed E-state index contributed by atoms with van der Waals surface area (Å²) in [7, 11) is 0. The molecular weight excluding hydrogens is 346 g/mol. The minimum absolute atomic E-state index is 0.0390. The van der Waals surface area contributed by atoms with E-state index < -0.39 is 5.92 Å². The topological polar surface area (TPSA) is 81.2 Å². The molecule has 2 aliphatic rings. The second-order valence-corrected chi connectivity index (χ2v) is 7.42. The smallest absolute Gasteiger partial charge is 0.272 e. The van der Waals surface area contributed by atoms with E-state index in [0.717, 1.165) is 32.1 Å². The van der Waals surface area contributed by atoms with E-state index in [-0.39, 0.29) is 18.4 Å². The van der Waals surface area contributed by atoms with Crippen LogP contribution in [0, 0.1) is 11.8 Å². The Kier molecular flexibility index (Phi) is 6.45. The van der Waals surface area contributed by atoms with Gasteiger partial charge in [-0.05, 0) is 30.9 Å². The lowest BCUT2D eigenvalue weighted by Crippen LogP contribution is -2.49. The number of hydrazine groups is 1. The van der Waals surface area contributed by atoms with Gasteiger partial charge in [0.1, 0.15) is 0 Å². The number of rotatable bonds is 7. The van der Waals surface area contributed by atoms with Gasteiger partial charge in [0.05, 0.1) is 12.5 Å². The summed E-state index contributed by atoms with van der Waals surface area (Å²) in [5, 5.41) is 13.2. The average Bonchev–Trinajstić information content (AvgIpc) is 3.38. The molecule has 0 radical (unpaired) electrons. The predicted octanol–water partition coefficient (Wildman–Crippen LogP) is 2.32. The molecule has 1 aromatic rings. The fourth-order valence-electron chi connectivity index (χ4n) is 4.16. The molecule has 27 heavy (non-hydrogen) atoms. The Balaban J connectivity index is 1.74. The molecule has 2 fully saturated rings. The van der Waals surface area contributed by atoms with Gasteiger partial charge in [-0.1, -0.05) is 43.9 Å². The first-order valence-electron chi connectivity index (χ1n) is 9.69. The first kappa shape index (κ1) is 19.4. The predicted molar refractivity (Wildman–Crippen MR) is 98.4 cm³/mol. The van der Waals surface area contributed by atoms with Gasteiger partial charge in [-0.15, -0.1) is 0 Å². The van der Waals surface area contributed by atoms with Crippen molar-refractivity contribution in [3.05, 3.63) is 35.9 Å². The summed E-state index contributed by atoms with van der Waals surface area (Å²) < 4.78 is 0. The molecule has 1 N–H and O–H groups in total. The maximum atomic E-state index is 13.2. The molecule has 1 aromatic carbocycles. The normalized spacial score (nSPS) is 18.6. The second kappa shape index (κ2) is 8.99. The highest BCUT2D eigenvalue weighted by Crippen LogP contribution is 2.32. The molecule has 7 nitrogen and oxygen atoms in total. The van der Waals surface area contributed by atoms with Gasteiger partial charge in [0.2, 0.25) is 12.3 Å². The van der Waals surface area contributed by atoms with Crippen molar-refractivity contribution in [3.63, 3.8) is 0 Å². The second-order valence-electron chi connectivity index (χ2n) is 7.42. The molecular formula is C20H27N3O4. The lowest BCUT2D eigenvalue weighted by molar-refractivity contribution is -0.160. The third kappa shape index (κ3) is 4.66. The van der Waals surface area contributed by atoms with E-state index in [1.54, 1.807) is 24.3 Å². The van der Waals surface area contributed by atoms with Crippen LogP contribution in [0.25, 0.3) is 0 Å². The number of hydroxylamine groups is 2. The number of hydrogen-bond acceptors (Lipinski definition) is 4. The first-order valence-corrected chi connectivity index (χ1v) is 9.69. The van der Waals surface area contributed by atoms with Crippen LogP contribution in [0.5, 0.6) is 0 Å². The monoisotopic (exact) mass is 373 g/mol. The van der Waals surface area contributed by atoms with Crippen LogP contribution in [0.2, 0.25) is 0 Å². The van der Waals surface area contributed by atoms with Crippen molar-refractivity contribution in [3.8, 4) is 0 Å². The molecule has 0 aromatic heterocycles. The Morgan fingerprint density at radius 3 is 2.44 bits per heavy atom. The van der Waals surface area contributed by atoms with Crippen molar-refractivity contribution in [2.24, 2.45) is 11.8 Å². The molecule has 7 heteroatoms. The summed E-state index contributed by atoms with van der Waals surface area (Å²) in [6, 6.07) is 8.91. The number of carbonyl (C=O) groups is 3. The molecule has 3 amide bonds. The standard InChI is InChI=1S/C20H27N3O4/c24-15-21(27)14-18(13-16-7-4-5-8-16)20(26)23-12-6-11-22(23)19(25)17-9-2-1-3-10-17/h1-3,9-10,15-16,18,27H,4-8,11-14H2/t18-/m1/s1. The summed E-state index contributed by atoms with van der Waals surface area (Å²) in [4.78, 5) is 36.9. The molecule has 1 heterocycles. The third-order valence-corrected chi connectivity index (χ3v) is 5.51. The molecule has 0 spiro atoms. The Labute approximate surface area is 159 Å². The highest BCUT2D eigenvalue weighted by Gasteiger charge is 2.36. The zero-order valence-corrected chi connectivity index (χ0v) is 15.5. The van der Waals surface area contributed by atoms with Crippen LogP contribution >= 0.6 is 0 Å². The summed E-state index contributed by atoms with van der Waals surface area (Å²) >= 11 is 0. The van der Waals surface area contributed by atoms with Gasteiger partial charge in [0.25, 0.3) is 5.91 Å². The molecule has 0 unspecified atom stereocenters. The maximum Gasteiger partial charge on any atom is 0.272 e. The fourth-order valence-corrected chi connectivity index (χ4v) is 4.16. The highest BCUT2D eigenvalue weighted by molar-refractivity contribution is 5.95. The molecule has 3 rings (SSSR count). The lowest BCUT2D eigenvalue weighted by atomic mass is 9.92. The number of carbonyl (C=O) groups excluding carboxylic acids is 3. The molecule has 1 aliphatic heterocycles. The summed E-state index contributed by atoms with van der Waals surface area (Å²) in [6.45, 7) is 0.930. The van der Waals surface area contributed by atoms with Gasteiger partial charge in [0.15, 0.2) is 0 Å². The molecule has 1 saturated carbocycles. The first-order chi connectivity index (χ1) is 13.1. The minimum atomic E-state index is -0.507. The van der Waals surface area contributed by atoms with E-state index in [1.807, 2.05) is 6.07 Å². The van der Waals surface area contributed by atoms with E-state index in [4.69, 9.17) is 0 Å². The van der Waals surface area contributed by atoms with Crippen molar-refractivity contribution >= 4 is 18.2 Å². The zero-order valence-electron chi connectivity index (χ0n) is 15.5. The van der Waals surface area contributed by atoms with Gasteiger partial charge in [-0.2, -0.15) is 0 Å². The SMILES string of the molecule is O=CN(O)C[C@@H](CC1CCCC1)C(=O)N1CCCN1C(=O)c1ccccc1. The van der Waals surface area contributed by atoms with Crippen molar-refractivity contribution in [2.45, 2.75) is 38.5 Å². The van der Waals surface area contributed by atoms with Crippen LogP contribution < -0.4 is 0 Å². The third-order valence-electron chi connectivity index (χ3n) is 5.51. The maximum absolute atomic E-state index is 13.2. The molecule has 1 aliphatic carbocycles. The Hall–Kier alpha value is -2.41. The van der Waals surface area contributed by atoms with Gasteiger partial charge in [0, 0.05) is 18.7 Å². The number of hydrogen-bond donors (Lipinski definition) is 1.